The zero-order valence-corrected chi connectivity index (χ0v) is 20.6. The zero-order chi connectivity index (χ0) is 25.7. The Morgan fingerprint density at radius 3 is 1.22 bits per heavy atom. The molecule has 4 rings (SSSR count). The van der Waals surface area contributed by atoms with Gasteiger partial charge in [0.25, 0.3) is 0 Å². The number of esters is 2. The van der Waals surface area contributed by atoms with E-state index in [-0.39, 0.29) is 51.5 Å². The van der Waals surface area contributed by atoms with Crippen molar-refractivity contribution in [2.75, 3.05) is 26.4 Å². The molecule has 188 valence electrons. The first-order valence-corrected chi connectivity index (χ1v) is 12.2. The minimum absolute atomic E-state index is 0.122. The first kappa shape index (κ1) is 25.7. The van der Waals surface area contributed by atoms with E-state index >= 15 is 0 Å². The summed E-state index contributed by atoms with van der Waals surface area (Å²) in [5.74, 6) is -0.689. The molecule has 0 N–H and O–H groups in total. The van der Waals surface area contributed by atoms with Crippen LogP contribution in [0.4, 0.5) is 0 Å². The predicted octanol–water partition coefficient (Wildman–Crippen LogP) is 3.40. The minimum atomic E-state index is -0.345. The second-order valence-corrected chi connectivity index (χ2v) is 8.30. The van der Waals surface area contributed by atoms with Crippen molar-refractivity contribution in [2.24, 2.45) is 0 Å². The largest absolute Gasteiger partial charge is 0.459 e. The molecule has 0 amide bonds. The fourth-order valence-electron chi connectivity index (χ4n) is 3.69. The monoisotopic (exact) mass is 498 g/mol. The molecule has 0 fully saturated rings. The summed E-state index contributed by atoms with van der Waals surface area (Å²) in [7, 11) is 0. The van der Waals surface area contributed by atoms with Crippen LogP contribution < -0.4 is 9.13 Å². The molecular weight excluding hydrogens is 468 g/mol. The number of carbonyl (C=O) groups excluding carboxylic acids is 2. The molecule has 4 aromatic rings. The Hall–Kier alpha value is -4.36. The average Bonchev–Trinajstić information content (AvgIpc) is 2.94. The van der Waals surface area contributed by atoms with Crippen molar-refractivity contribution in [3.63, 3.8) is 0 Å². The Labute approximate surface area is 216 Å². The molecule has 0 aliphatic carbocycles. The highest BCUT2D eigenvalue weighted by Gasteiger charge is 2.12. The summed E-state index contributed by atoms with van der Waals surface area (Å²) >= 11 is 0. The molecular formula is C30H30N2O5+2. The molecule has 37 heavy (non-hydrogen) atoms. The van der Waals surface area contributed by atoms with Gasteiger partial charge in [-0.25, -0.2) is 9.59 Å². The molecule has 2 heterocycles. The van der Waals surface area contributed by atoms with Gasteiger partial charge in [-0.1, -0.05) is 60.7 Å². The maximum Gasteiger partial charge on any atom is 0.372 e. The second kappa shape index (κ2) is 13.7. The Morgan fingerprint density at radius 1 is 0.486 bits per heavy atom. The van der Waals surface area contributed by atoms with Gasteiger partial charge in [0.1, 0.15) is 13.2 Å². The lowest BCUT2D eigenvalue weighted by atomic mass is 10.1. The summed E-state index contributed by atoms with van der Waals surface area (Å²) in [6.07, 6.45) is 7.41. The molecule has 0 unspecified atom stereocenters. The van der Waals surface area contributed by atoms with Gasteiger partial charge in [-0.05, 0) is 22.3 Å². The summed E-state index contributed by atoms with van der Waals surface area (Å²) in [5.41, 5.74) is 4.41. The molecule has 2 aromatic heterocycles. The van der Waals surface area contributed by atoms with Crippen LogP contribution in [0.25, 0.3) is 22.3 Å². The van der Waals surface area contributed by atoms with Crippen LogP contribution in [0.1, 0.15) is 0 Å². The summed E-state index contributed by atoms with van der Waals surface area (Å²) < 4.78 is 19.4. The van der Waals surface area contributed by atoms with Crippen LogP contribution in [0.5, 0.6) is 0 Å². The fraction of sp³-hybridized carbons (Fsp3) is 0.200. The fourth-order valence-corrected chi connectivity index (χ4v) is 3.69. The van der Waals surface area contributed by atoms with Crippen LogP contribution in [0, 0.1) is 0 Å². The summed E-state index contributed by atoms with van der Waals surface area (Å²) in [5, 5.41) is 0. The van der Waals surface area contributed by atoms with Gasteiger partial charge >= 0.3 is 11.9 Å². The summed E-state index contributed by atoms with van der Waals surface area (Å²) in [6.45, 7) is 0.985. The van der Waals surface area contributed by atoms with Gasteiger partial charge in [-0.3, -0.25) is 0 Å². The number of aromatic nitrogens is 2. The molecule has 0 spiro atoms. The summed E-state index contributed by atoms with van der Waals surface area (Å²) in [6, 6.07) is 27.9. The van der Waals surface area contributed by atoms with Crippen molar-refractivity contribution in [3.05, 3.63) is 110 Å². The van der Waals surface area contributed by atoms with Gasteiger partial charge in [0.2, 0.25) is 13.1 Å². The molecule has 0 saturated carbocycles. The number of hydrogen-bond acceptors (Lipinski definition) is 5. The van der Waals surface area contributed by atoms with Crippen molar-refractivity contribution in [1.29, 1.82) is 0 Å². The third-order valence-electron chi connectivity index (χ3n) is 5.60. The van der Waals surface area contributed by atoms with E-state index in [0.717, 1.165) is 22.3 Å². The van der Waals surface area contributed by atoms with Gasteiger partial charge in [-0.2, -0.15) is 9.13 Å². The van der Waals surface area contributed by atoms with Gasteiger partial charge in [-0.15, -0.1) is 0 Å². The van der Waals surface area contributed by atoms with E-state index in [1.165, 1.54) is 0 Å². The van der Waals surface area contributed by atoms with Crippen LogP contribution >= 0.6 is 0 Å². The molecule has 7 nitrogen and oxygen atoms in total. The number of pyridine rings is 2. The number of benzene rings is 2. The van der Waals surface area contributed by atoms with Crippen LogP contribution in [0.3, 0.4) is 0 Å². The molecule has 0 bridgehead atoms. The van der Waals surface area contributed by atoms with E-state index in [1.807, 2.05) is 110 Å². The van der Waals surface area contributed by atoms with Crippen LogP contribution in [-0.4, -0.2) is 38.4 Å². The highest BCUT2D eigenvalue weighted by molar-refractivity contribution is 5.68. The van der Waals surface area contributed by atoms with E-state index in [2.05, 4.69) is 0 Å². The van der Waals surface area contributed by atoms with Gasteiger partial charge < -0.3 is 14.2 Å². The Bertz CT molecular complexity index is 1160. The maximum atomic E-state index is 12.1. The molecule has 7 heteroatoms. The summed E-state index contributed by atoms with van der Waals surface area (Å²) in [4.78, 5) is 24.1. The third-order valence-corrected chi connectivity index (χ3v) is 5.60. The number of rotatable bonds is 12. The number of nitrogens with zero attached hydrogens (tertiary/aromatic N) is 2. The number of carbonyl (C=O) groups is 2. The molecule has 0 aliphatic heterocycles. The zero-order valence-electron chi connectivity index (χ0n) is 20.6. The first-order valence-electron chi connectivity index (χ1n) is 12.2. The highest BCUT2D eigenvalue weighted by Crippen LogP contribution is 2.17. The first-order chi connectivity index (χ1) is 18.2. The lowest BCUT2D eigenvalue weighted by molar-refractivity contribution is -0.685. The van der Waals surface area contributed by atoms with E-state index in [9.17, 15) is 9.59 Å². The molecule has 0 saturated heterocycles. The smallest absolute Gasteiger partial charge is 0.372 e. The standard InChI is InChI=1S/C30H30N2O5/c33-29(23-31-15-11-27(12-16-31)25-7-3-1-4-8-25)36-21-19-35-20-22-37-30(34)24-32-17-13-28(14-18-32)26-9-5-2-6-10-26/h1-18H,19-24H2/q+2. The average molecular weight is 499 g/mol. The lowest BCUT2D eigenvalue weighted by Crippen LogP contribution is -2.38. The van der Waals surface area contributed by atoms with Crippen molar-refractivity contribution >= 4 is 11.9 Å². The maximum absolute atomic E-state index is 12.1. The number of ether oxygens (including phenoxy) is 3. The lowest BCUT2D eigenvalue weighted by Gasteiger charge is -2.06. The third kappa shape index (κ3) is 8.37. The van der Waals surface area contributed by atoms with Crippen molar-refractivity contribution in [3.8, 4) is 22.3 Å². The highest BCUT2D eigenvalue weighted by atomic mass is 16.6. The Balaban J connectivity index is 1.06. The second-order valence-electron chi connectivity index (χ2n) is 8.30. The molecule has 0 atom stereocenters. The predicted molar refractivity (Wildman–Crippen MR) is 137 cm³/mol. The molecule has 0 aliphatic rings. The van der Waals surface area contributed by atoms with Crippen LogP contribution in [0.2, 0.25) is 0 Å². The quantitative estimate of drug-likeness (QED) is 0.170. The minimum Gasteiger partial charge on any atom is -0.459 e. The van der Waals surface area contributed by atoms with Crippen molar-refractivity contribution in [1.82, 2.24) is 0 Å². The van der Waals surface area contributed by atoms with Crippen molar-refractivity contribution < 1.29 is 32.9 Å². The van der Waals surface area contributed by atoms with Gasteiger partial charge in [0.05, 0.1) is 13.2 Å². The Morgan fingerprint density at radius 2 is 0.838 bits per heavy atom. The Kier molecular flexibility index (Phi) is 9.49. The van der Waals surface area contributed by atoms with Gasteiger partial charge in [0, 0.05) is 24.3 Å². The molecule has 0 radical (unpaired) electrons. The van der Waals surface area contributed by atoms with Crippen LogP contribution in [-0.2, 0) is 36.9 Å². The van der Waals surface area contributed by atoms with Crippen molar-refractivity contribution in [2.45, 2.75) is 13.1 Å². The van der Waals surface area contributed by atoms with E-state index in [0.29, 0.717) is 0 Å². The normalized spacial score (nSPS) is 10.6. The SMILES string of the molecule is O=C(C[n+]1ccc(-c2ccccc2)cc1)OCCOCCOC(=O)C[n+]1ccc(-c2ccccc2)cc1. The van der Waals surface area contributed by atoms with E-state index in [1.54, 1.807) is 9.13 Å². The molecule has 2 aromatic carbocycles. The number of hydrogen-bond donors (Lipinski definition) is 0. The topological polar surface area (TPSA) is 69.6 Å². The van der Waals surface area contributed by atoms with Crippen LogP contribution in [0.15, 0.2) is 110 Å². The van der Waals surface area contributed by atoms with Gasteiger partial charge in [0.15, 0.2) is 24.8 Å². The van der Waals surface area contributed by atoms with E-state index < -0.39 is 0 Å². The van der Waals surface area contributed by atoms with E-state index in [4.69, 9.17) is 14.2 Å².